The second-order valence-corrected chi connectivity index (χ2v) is 5.52. The van der Waals surface area contributed by atoms with Gasteiger partial charge in [-0.2, -0.15) is 0 Å². The number of hydrogen-bond acceptors (Lipinski definition) is 4. The van der Waals surface area contributed by atoms with Crippen molar-refractivity contribution >= 4 is 17.9 Å². The molecule has 0 radical (unpaired) electrons. The first kappa shape index (κ1) is 15.4. The summed E-state index contributed by atoms with van der Waals surface area (Å²) in [5, 5.41) is 0. The van der Waals surface area contributed by atoms with E-state index in [0.29, 0.717) is 41.8 Å². The number of anilines is 1. The number of hydrogen-bond donors (Lipinski definition) is 0. The van der Waals surface area contributed by atoms with E-state index in [4.69, 9.17) is 9.47 Å². The third-order valence-electron chi connectivity index (χ3n) is 3.13. The lowest BCUT2D eigenvalue weighted by Gasteiger charge is -2.31. The van der Waals surface area contributed by atoms with Gasteiger partial charge in [0.05, 0.1) is 12.3 Å². The fourth-order valence-corrected chi connectivity index (χ4v) is 2.25. The summed E-state index contributed by atoms with van der Waals surface area (Å²) in [6, 6.07) is 3.34. The average molecular weight is 291 g/mol. The largest absolute Gasteiger partial charge is 0.490 e. The van der Waals surface area contributed by atoms with Crippen LogP contribution in [0.4, 0.5) is 5.69 Å². The van der Waals surface area contributed by atoms with E-state index in [0.717, 1.165) is 12.7 Å². The number of amides is 1. The van der Waals surface area contributed by atoms with Crippen LogP contribution in [-0.2, 0) is 4.79 Å². The van der Waals surface area contributed by atoms with Crippen LogP contribution in [0.3, 0.4) is 0 Å². The average Bonchev–Trinajstić information content (AvgIpc) is 2.47. The van der Waals surface area contributed by atoms with Crippen LogP contribution in [0.25, 0.3) is 0 Å². The number of nitrogens with zero attached hydrogens (tertiary/aromatic N) is 1. The predicted octanol–water partition coefficient (Wildman–Crippen LogP) is 2.67. The molecular weight excluding hydrogens is 270 g/mol. The number of benzene rings is 1. The Balaban J connectivity index is 2.46. The first-order valence-electron chi connectivity index (χ1n) is 7.26. The molecule has 114 valence electrons. The van der Waals surface area contributed by atoms with Gasteiger partial charge in [-0.1, -0.05) is 20.8 Å². The van der Waals surface area contributed by atoms with Crippen molar-refractivity contribution in [1.82, 2.24) is 0 Å². The van der Waals surface area contributed by atoms with Crippen molar-refractivity contribution in [2.75, 3.05) is 24.7 Å². The lowest BCUT2D eigenvalue weighted by atomic mass is 10.1. The number of fused-ring (bicyclic) bond motifs is 1. The second-order valence-electron chi connectivity index (χ2n) is 5.52. The number of carbonyl (C=O) groups excluding carboxylic acids is 2. The molecule has 0 saturated heterocycles. The first-order valence-corrected chi connectivity index (χ1v) is 7.26. The molecule has 1 amide bonds. The molecule has 0 fully saturated rings. The SMILES string of the molecule is CCCOc1cc(C=O)cc2c1OCC(=O)N2CC(C)C. The fourth-order valence-electron chi connectivity index (χ4n) is 2.25. The van der Waals surface area contributed by atoms with Crippen LogP contribution >= 0.6 is 0 Å². The first-order chi connectivity index (χ1) is 10.1. The highest BCUT2D eigenvalue weighted by atomic mass is 16.5. The van der Waals surface area contributed by atoms with Crippen molar-refractivity contribution in [3.63, 3.8) is 0 Å². The molecule has 5 heteroatoms. The summed E-state index contributed by atoms with van der Waals surface area (Å²) < 4.78 is 11.2. The molecule has 1 aliphatic rings. The van der Waals surface area contributed by atoms with Crippen LogP contribution in [0.15, 0.2) is 12.1 Å². The highest BCUT2D eigenvalue weighted by Crippen LogP contribution is 2.41. The third kappa shape index (κ3) is 3.35. The van der Waals surface area contributed by atoms with Gasteiger partial charge in [-0.15, -0.1) is 0 Å². The lowest BCUT2D eigenvalue weighted by molar-refractivity contribution is -0.121. The van der Waals surface area contributed by atoms with Gasteiger partial charge in [0.1, 0.15) is 6.29 Å². The Bertz CT molecular complexity index is 539. The smallest absolute Gasteiger partial charge is 0.265 e. The maximum Gasteiger partial charge on any atom is 0.265 e. The van der Waals surface area contributed by atoms with Crippen LogP contribution in [-0.4, -0.2) is 32.0 Å². The Kier molecular flexibility index (Phi) is 4.83. The van der Waals surface area contributed by atoms with Crippen molar-refractivity contribution < 1.29 is 19.1 Å². The van der Waals surface area contributed by atoms with E-state index in [1.807, 2.05) is 20.8 Å². The molecule has 0 aliphatic carbocycles. The predicted molar refractivity (Wildman–Crippen MR) is 80.3 cm³/mol. The number of carbonyl (C=O) groups is 2. The van der Waals surface area contributed by atoms with Gasteiger partial charge in [0.15, 0.2) is 18.1 Å². The van der Waals surface area contributed by atoms with E-state index in [1.54, 1.807) is 17.0 Å². The summed E-state index contributed by atoms with van der Waals surface area (Å²) in [5.74, 6) is 1.30. The zero-order chi connectivity index (χ0) is 15.4. The van der Waals surface area contributed by atoms with Crippen molar-refractivity contribution in [2.45, 2.75) is 27.2 Å². The Morgan fingerprint density at radius 3 is 2.81 bits per heavy atom. The zero-order valence-corrected chi connectivity index (χ0v) is 12.7. The van der Waals surface area contributed by atoms with Gasteiger partial charge in [-0.25, -0.2) is 0 Å². The van der Waals surface area contributed by atoms with E-state index < -0.39 is 0 Å². The molecule has 0 atom stereocenters. The molecule has 1 aromatic carbocycles. The molecule has 5 nitrogen and oxygen atoms in total. The van der Waals surface area contributed by atoms with Gasteiger partial charge in [-0.3, -0.25) is 9.59 Å². The van der Waals surface area contributed by atoms with E-state index >= 15 is 0 Å². The minimum atomic E-state index is -0.0966. The van der Waals surface area contributed by atoms with Crippen LogP contribution in [0.1, 0.15) is 37.6 Å². The Morgan fingerprint density at radius 2 is 2.19 bits per heavy atom. The van der Waals surface area contributed by atoms with Gasteiger partial charge in [0.2, 0.25) is 0 Å². The van der Waals surface area contributed by atoms with Crippen LogP contribution < -0.4 is 14.4 Å². The number of aldehydes is 1. The summed E-state index contributed by atoms with van der Waals surface area (Å²) in [6.45, 7) is 7.22. The maximum atomic E-state index is 12.1. The second kappa shape index (κ2) is 6.61. The van der Waals surface area contributed by atoms with Crippen LogP contribution in [0.2, 0.25) is 0 Å². The van der Waals surface area contributed by atoms with Crippen molar-refractivity contribution in [1.29, 1.82) is 0 Å². The van der Waals surface area contributed by atoms with Crippen LogP contribution in [0, 0.1) is 5.92 Å². The molecule has 1 aromatic rings. The lowest BCUT2D eigenvalue weighted by Crippen LogP contribution is -2.41. The number of rotatable bonds is 6. The molecule has 0 bridgehead atoms. The molecule has 21 heavy (non-hydrogen) atoms. The van der Waals surface area contributed by atoms with Crippen LogP contribution in [0.5, 0.6) is 11.5 Å². The van der Waals surface area contributed by atoms with Gasteiger partial charge < -0.3 is 14.4 Å². The molecule has 1 aliphatic heterocycles. The maximum absolute atomic E-state index is 12.1. The summed E-state index contributed by atoms with van der Waals surface area (Å²) in [4.78, 5) is 24.9. The summed E-state index contributed by atoms with van der Waals surface area (Å²) >= 11 is 0. The summed E-state index contributed by atoms with van der Waals surface area (Å²) in [6.07, 6.45) is 1.61. The van der Waals surface area contributed by atoms with Gasteiger partial charge >= 0.3 is 0 Å². The summed E-state index contributed by atoms with van der Waals surface area (Å²) in [5.41, 5.74) is 1.10. The summed E-state index contributed by atoms with van der Waals surface area (Å²) in [7, 11) is 0. The Morgan fingerprint density at radius 1 is 1.43 bits per heavy atom. The molecule has 2 rings (SSSR count). The zero-order valence-electron chi connectivity index (χ0n) is 12.7. The van der Waals surface area contributed by atoms with Gasteiger partial charge in [0.25, 0.3) is 5.91 Å². The van der Waals surface area contributed by atoms with Crippen molar-refractivity contribution in [3.05, 3.63) is 17.7 Å². The third-order valence-corrected chi connectivity index (χ3v) is 3.13. The van der Waals surface area contributed by atoms with Gasteiger partial charge in [0, 0.05) is 12.1 Å². The number of ether oxygens (including phenoxy) is 2. The molecule has 0 aromatic heterocycles. The molecule has 0 unspecified atom stereocenters. The normalized spacial score (nSPS) is 13.9. The molecular formula is C16H21NO4. The highest BCUT2D eigenvalue weighted by Gasteiger charge is 2.29. The Labute approximate surface area is 124 Å². The topological polar surface area (TPSA) is 55.8 Å². The molecule has 0 spiro atoms. The van der Waals surface area contributed by atoms with E-state index in [-0.39, 0.29) is 12.5 Å². The van der Waals surface area contributed by atoms with E-state index in [9.17, 15) is 9.59 Å². The Hall–Kier alpha value is -2.04. The molecule has 0 saturated carbocycles. The highest BCUT2D eigenvalue weighted by molar-refractivity contribution is 5.99. The van der Waals surface area contributed by atoms with Gasteiger partial charge in [-0.05, 0) is 24.5 Å². The van der Waals surface area contributed by atoms with E-state index in [1.165, 1.54) is 0 Å². The minimum absolute atomic E-state index is 0.00262. The van der Waals surface area contributed by atoms with Crippen molar-refractivity contribution in [3.8, 4) is 11.5 Å². The monoisotopic (exact) mass is 291 g/mol. The van der Waals surface area contributed by atoms with E-state index in [2.05, 4.69) is 0 Å². The molecule has 1 heterocycles. The quantitative estimate of drug-likeness (QED) is 0.756. The van der Waals surface area contributed by atoms with Crippen molar-refractivity contribution in [2.24, 2.45) is 5.92 Å². The minimum Gasteiger partial charge on any atom is -0.490 e. The fraction of sp³-hybridized carbons (Fsp3) is 0.500. The molecule has 0 N–H and O–H groups in total. The standard InChI is InChI=1S/C16H21NO4/c1-4-5-20-14-7-12(9-18)6-13-16(14)21-10-15(19)17(13)8-11(2)3/h6-7,9,11H,4-5,8,10H2,1-3H3.